The number of piperazine rings is 2. The molecule has 2 fully saturated rings. The van der Waals surface area contributed by atoms with Gasteiger partial charge in [0.1, 0.15) is 6.33 Å². The van der Waals surface area contributed by atoms with Crippen LogP contribution < -0.4 is 19.6 Å². The third-order valence-corrected chi connectivity index (χ3v) is 6.65. The second-order valence-electron chi connectivity index (χ2n) is 8.39. The summed E-state index contributed by atoms with van der Waals surface area (Å²) < 4.78 is 0. The van der Waals surface area contributed by atoms with Gasteiger partial charge in [0.2, 0.25) is 11.6 Å². The molecule has 0 atom stereocenters. The molecule has 0 spiro atoms. The number of hydrogen-bond donors (Lipinski definition) is 0. The summed E-state index contributed by atoms with van der Waals surface area (Å²) in [5.41, 5.74) is 2.21. The number of halogens is 1. The maximum atomic E-state index is 12.2. The van der Waals surface area contributed by atoms with Gasteiger partial charge in [-0.15, -0.1) is 0 Å². The van der Waals surface area contributed by atoms with Crippen molar-refractivity contribution in [1.29, 1.82) is 0 Å². The van der Waals surface area contributed by atoms with E-state index in [2.05, 4.69) is 31.9 Å². The SMILES string of the molecule is O=[N+]([O-])c1c(N2CCN(c3ccccc3)CC2)ncnc1N1CCN(c2cccc(Cl)c2)CC1. The van der Waals surface area contributed by atoms with Gasteiger partial charge in [-0.05, 0) is 30.3 Å². The minimum Gasteiger partial charge on any atom is -0.368 e. The zero-order chi connectivity index (χ0) is 23.5. The van der Waals surface area contributed by atoms with Crippen LogP contribution in [-0.2, 0) is 0 Å². The van der Waals surface area contributed by atoms with Crippen LogP contribution in [0.3, 0.4) is 0 Å². The molecule has 0 radical (unpaired) electrons. The second-order valence-corrected chi connectivity index (χ2v) is 8.83. The Kier molecular flexibility index (Phi) is 6.35. The van der Waals surface area contributed by atoms with Crippen LogP contribution in [0, 0.1) is 10.1 Å². The fourth-order valence-corrected chi connectivity index (χ4v) is 4.84. The zero-order valence-corrected chi connectivity index (χ0v) is 19.5. The first-order valence-corrected chi connectivity index (χ1v) is 11.8. The molecule has 2 aromatic carbocycles. The summed E-state index contributed by atoms with van der Waals surface area (Å²) in [6.07, 6.45) is 1.45. The Balaban J connectivity index is 1.32. The molecule has 2 saturated heterocycles. The molecule has 34 heavy (non-hydrogen) atoms. The Bertz CT molecular complexity index is 1150. The van der Waals surface area contributed by atoms with Crippen LogP contribution in [-0.4, -0.2) is 67.2 Å². The Morgan fingerprint density at radius 3 is 1.74 bits per heavy atom. The van der Waals surface area contributed by atoms with Crippen molar-refractivity contribution in [3.8, 4) is 0 Å². The Hall–Kier alpha value is -3.59. The van der Waals surface area contributed by atoms with Crippen molar-refractivity contribution in [3.05, 3.63) is 76.1 Å². The minimum atomic E-state index is -0.336. The quantitative estimate of drug-likeness (QED) is 0.405. The van der Waals surface area contributed by atoms with Gasteiger partial charge >= 0.3 is 5.69 Å². The highest BCUT2D eigenvalue weighted by Crippen LogP contribution is 2.35. The molecule has 2 aliphatic heterocycles. The lowest BCUT2D eigenvalue weighted by Gasteiger charge is -2.38. The number of hydrogen-bond acceptors (Lipinski definition) is 8. The van der Waals surface area contributed by atoms with E-state index in [9.17, 15) is 10.1 Å². The van der Waals surface area contributed by atoms with E-state index in [0.717, 1.165) is 37.6 Å². The molecule has 0 N–H and O–H groups in total. The fraction of sp³-hybridized carbons (Fsp3) is 0.333. The highest BCUT2D eigenvalue weighted by atomic mass is 35.5. The number of para-hydroxylation sites is 1. The van der Waals surface area contributed by atoms with Crippen LogP contribution in [0.15, 0.2) is 60.9 Å². The van der Waals surface area contributed by atoms with Gasteiger partial charge in [-0.25, -0.2) is 9.97 Å². The van der Waals surface area contributed by atoms with E-state index in [1.54, 1.807) is 0 Å². The summed E-state index contributed by atoms with van der Waals surface area (Å²) in [6.45, 7) is 5.59. The van der Waals surface area contributed by atoms with Crippen LogP contribution >= 0.6 is 11.6 Å². The lowest BCUT2D eigenvalue weighted by atomic mass is 10.2. The smallest absolute Gasteiger partial charge is 0.353 e. The van der Waals surface area contributed by atoms with Crippen molar-refractivity contribution in [2.45, 2.75) is 0 Å². The predicted molar refractivity (Wildman–Crippen MR) is 135 cm³/mol. The number of anilines is 4. The standard InChI is InChI=1S/C24H26ClN7O2/c25-19-5-4-8-21(17-19)29-11-15-31(16-12-29)24-22(32(33)34)23(26-18-27-24)30-13-9-28(10-14-30)20-6-2-1-3-7-20/h1-8,17-18H,9-16H2. The average Bonchev–Trinajstić information content (AvgIpc) is 2.89. The average molecular weight is 480 g/mol. The van der Waals surface area contributed by atoms with E-state index in [1.807, 2.05) is 52.3 Å². The monoisotopic (exact) mass is 479 g/mol. The summed E-state index contributed by atoms with van der Waals surface area (Å²) in [5.74, 6) is 0.797. The van der Waals surface area contributed by atoms with E-state index in [1.165, 1.54) is 6.33 Å². The molecule has 5 rings (SSSR count). The molecule has 0 amide bonds. The maximum absolute atomic E-state index is 12.2. The van der Waals surface area contributed by atoms with Crippen molar-refractivity contribution in [2.75, 3.05) is 72.0 Å². The summed E-state index contributed by atoms with van der Waals surface area (Å²) in [7, 11) is 0. The Morgan fingerprint density at radius 1 is 0.706 bits per heavy atom. The first-order chi connectivity index (χ1) is 16.6. The van der Waals surface area contributed by atoms with Crippen LogP contribution in [0.4, 0.5) is 28.7 Å². The summed E-state index contributed by atoms with van der Waals surface area (Å²) >= 11 is 6.14. The molecule has 9 nitrogen and oxygen atoms in total. The van der Waals surface area contributed by atoms with Gasteiger partial charge in [0.25, 0.3) is 0 Å². The molecule has 1 aromatic heterocycles. The summed E-state index contributed by atoms with van der Waals surface area (Å²) in [6, 6.07) is 18.0. The van der Waals surface area contributed by atoms with Crippen molar-refractivity contribution < 1.29 is 4.92 Å². The van der Waals surface area contributed by atoms with E-state index < -0.39 is 0 Å². The molecular weight excluding hydrogens is 454 g/mol. The Labute approximate surface area is 203 Å². The van der Waals surface area contributed by atoms with Gasteiger partial charge in [-0.3, -0.25) is 10.1 Å². The summed E-state index contributed by atoms with van der Waals surface area (Å²) in [4.78, 5) is 29.1. The number of benzene rings is 2. The molecule has 10 heteroatoms. The molecule has 0 unspecified atom stereocenters. The lowest BCUT2D eigenvalue weighted by molar-refractivity contribution is -0.383. The van der Waals surface area contributed by atoms with E-state index in [4.69, 9.17) is 11.6 Å². The third-order valence-electron chi connectivity index (χ3n) is 6.42. The lowest BCUT2D eigenvalue weighted by Crippen LogP contribution is -2.48. The summed E-state index contributed by atoms with van der Waals surface area (Å²) in [5, 5.41) is 12.9. The normalized spacial score (nSPS) is 16.6. The fourth-order valence-electron chi connectivity index (χ4n) is 4.65. The minimum absolute atomic E-state index is 0.00753. The largest absolute Gasteiger partial charge is 0.368 e. The second kappa shape index (κ2) is 9.72. The molecule has 2 aliphatic rings. The van der Waals surface area contributed by atoms with Gasteiger partial charge in [0, 0.05) is 68.8 Å². The first-order valence-electron chi connectivity index (χ1n) is 11.4. The molecule has 176 valence electrons. The van der Waals surface area contributed by atoms with E-state index in [0.29, 0.717) is 42.8 Å². The van der Waals surface area contributed by atoms with Gasteiger partial charge in [0.05, 0.1) is 4.92 Å². The molecule has 3 aromatic rings. The van der Waals surface area contributed by atoms with Crippen molar-refractivity contribution in [1.82, 2.24) is 9.97 Å². The molecule has 0 saturated carbocycles. The van der Waals surface area contributed by atoms with Crippen molar-refractivity contribution in [2.24, 2.45) is 0 Å². The van der Waals surface area contributed by atoms with Gasteiger partial charge in [0.15, 0.2) is 0 Å². The molecular formula is C24H26ClN7O2. The van der Waals surface area contributed by atoms with Crippen molar-refractivity contribution in [3.63, 3.8) is 0 Å². The molecule has 0 aliphatic carbocycles. The number of nitrogens with zero attached hydrogens (tertiary/aromatic N) is 7. The van der Waals surface area contributed by atoms with Crippen LogP contribution in [0.25, 0.3) is 0 Å². The Morgan fingerprint density at radius 2 is 1.21 bits per heavy atom. The van der Waals surface area contributed by atoms with E-state index in [-0.39, 0.29) is 10.6 Å². The first kappa shape index (κ1) is 22.2. The number of rotatable bonds is 5. The zero-order valence-electron chi connectivity index (χ0n) is 18.8. The van der Waals surface area contributed by atoms with Crippen LogP contribution in [0.1, 0.15) is 0 Å². The predicted octanol–water partition coefficient (Wildman–Crippen LogP) is 3.69. The van der Waals surface area contributed by atoms with Crippen molar-refractivity contribution >= 4 is 40.3 Å². The highest BCUT2D eigenvalue weighted by Gasteiger charge is 2.33. The number of nitro groups is 1. The van der Waals surface area contributed by atoms with Gasteiger partial charge < -0.3 is 19.6 Å². The molecule has 0 bridgehead atoms. The third kappa shape index (κ3) is 4.56. The van der Waals surface area contributed by atoms with Gasteiger partial charge in [-0.1, -0.05) is 35.9 Å². The van der Waals surface area contributed by atoms with Crippen LogP contribution in [0.5, 0.6) is 0 Å². The van der Waals surface area contributed by atoms with Crippen LogP contribution in [0.2, 0.25) is 5.02 Å². The highest BCUT2D eigenvalue weighted by molar-refractivity contribution is 6.30. The number of aromatic nitrogens is 2. The van der Waals surface area contributed by atoms with E-state index >= 15 is 0 Å². The molecule has 3 heterocycles. The van der Waals surface area contributed by atoms with Gasteiger partial charge in [-0.2, -0.15) is 0 Å². The topological polar surface area (TPSA) is 81.9 Å². The maximum Gasteiger partial charge on any atom is 0.353 e.